The zero-order chi connectivity index (χ0) is 5.70. The topological polar surface area (TPSA) is 26.0 Å². The fourth-order valence-electron chi connectivity index (χ4n) is 0.181. The van der Waals surface area contributed by atoms with Crippen LogP contribution in [-0.2, 0) is 0 Å². The van der Waals surface area contributed by atoms with Gasteiger partial charge in [0, 0.05) is 0 Å². The summed E-state index contributed by atoms with van der Waals surface area (Å²) in [5.41, 5.74) is 5.17. The average Bonchev–Trinajstić information content (AvgIpc) is 1.61. The molecular formula is C4H9NS2. The predicted molar refractivity (Wildman–Crippen MR) is 42.1 cm³/mol. The summed E-state index contributed by atoms with van der Waals surface area (Å²) in [7, 11) is 0. The number of hydrogen-bond donors (Lipinski definition) is 2. The van der Waals surface area contributed by atoms with E-state index in [1.807, 2.05) is 5.37 Å². The molecule has 0 aromatic rings. The van der Waals surface area contributed by atoms with Gasteiger partial charge < -0.3 is 5.73 Å². The maximum Gasteiger partial charge on any atom is 0.122 e. The maximum atomic E-state index is 5.17. The second kappa shape index (κ2) is 4.27. The third kappa shape index (κ3) is 6.11. The lowest BCUT2D eigenvalue weighted by Gasteiger charge is -1.79. The van der Waals surface area contributed by atoms with Crippen LogP contribution in [-0.4, -0.2) is 9.69 Å². The first-order chi connectivity index (χ1) is 3.27. The van der Waals surface area contributed by atoms with Crippen LogP contribution in [0, 0.1) is 0 Å². The SMILES string of the molecule is CCC=[SH]C(N)=S. The van der Waals surface area contributed by atoms with Crippen molar-refractivity contribution < 1.29 is 0 Å². The molecule has 0 aromatic heterocycles. The highest BCUT2D eigenvalue weighted by molar-refractivity contribution is 8.21. The summed E-state index contributed by atoms with van der Waals surface area (Å²) in [4.78, 5) is 0. The molecule has 3 heteroatoms. The van der Waals surface area contributed by atoms with E-state index in [4.69, 9.17) is 5.73 Å². The highest BCUT2D eigenvalue weighted by Crippen LogP contribution is 1.83. The third-order valence-electron chi connectivity index (χ3n) is 0.401. The molecule has 0 saturated carbocycles. The lowest BCUT2D eigenvalue weighted by molar-refractivity contribution is 1.35. The minimum Gasteiger partial charge on any atom is -0.385 e. The fraction of sp³-hybridized carbons (Fsp3) is 0.500. The van der Waals surface area contributed by atoms with Gasteiger partial charge in [-0.1, -0.05) is 24.5 Å². The van der Waals surface area contributed by atoms with Crippen LogP contribution >= 0.6 is 23.6 Å². The van der Waals surface area contributed by atoms with Crippen molar-refractivity contribution in [2.45, 2.75) is 13.3 Å². The third-order valence-corrected chi connectivity index (χ3v) is 1.52. The number of hydrogen-bond acceptors (Lipinski definition) is 1. The predicted octanol–water partition coefficient (Wildman–Crippen LogP) is 0.908. The maximum absolute atomic E-state index is 5.17. The largest absolute Gasteiger partial charge is 0.385 e. The summed E-state index contributed by atoms with van der Waals surface area (Å²) in [6.45, 7) is 2.06. The van der Waals surface area contributed by atoms with E-state index in [0.29, 0.717) is 4.32 Å². The van der Waals surface area contributed by atoms with Gasteiger partial charge in [-0.05, 0) is 6.42 Å². The zero-order valence-corrected chi connectivity index (χ0v) is 5.93. The van der Waals surface area contributed by atoms with E-state index in [9.17, 15) is 0 Å². The van der Waals surface area contributed by atoms with E-state index >= 15 is 0 Å². The molecule has 0 aromatic carbocycles. The quantitative estimate of drug-likeness (QED) is 0.413. The molecule has 0 fully saturated rings. The zero-order valence-electron chi connectivity index (χ0n) is 4.22. The van der Waals surface area contributed by atoms with Crippen LogP contribution < -0.4 is 5.73 Å². The Morgan fingerprint density at radius 2 is 2.57 bits per heavy atom. The van der Waals surface area contributed by atoms with Crippen molar-refractivity contribution in [3.05, 3.63) is 0 Å². The van der Waals surface area contributed by atoms with Gasteiger partial charge >= 0.3 is 0 Å². The molecule has 0 aliphatic carbocycles. The number of rotatable bonds is 1. The average molecular weight is 135 g/mol. The van der Waals surface area contributed by atoms with Gasteiger partial charge in [-0.15, -0.1) is 11.4 Å². The second-order valence-corrected chi connectivity index (χ2v) is 2.91. The fourth-order valence-corrected chi connectivity index (χ4v) is 0.767. The number of thiol groups is 1. The molecule has 0 heterocycles. The molecule has 0 aliphatic rings. The molecule has 7 heavy (non-hydrogen) atoms. The van der Waals surface area contributed by atoms with Crippen LogP contribution in [0.25, 0.3) is 0 Å². The van der Waals surface area contributed by atoms with Gasteiger partial charge in [-0.2, -0.15) is 0 Å². The number of thiocarbonyl (C=S) groups is 1. The Labute approximate surface area is 52.9 Å². The molecule has 0 radical (unpaired) electrons. The summed E-state index contributed by atoms with van der Waals surface area (Å²) in [5, 5.41) is 2.03. The first kappa shape index (κ1) is 7.11. The molecule has 0 spiro atoms. The molecule has 0 bridgehead atoms. The molecule has 0 atom stereocenters. The monoisotopic (exact) mass is 135 g/mol. The number of nitrogens with two attached hydrogens (primary N) is 1. The van der Waals surface area contributed by atoms with Crippen LogP contribution in [0.1, 0.15) is 13.3 Å². The molecule has 2 N–H and O–H groups in total. The van der Waals surface area contributed by atoms with Gasteiger partial charge in [0.05, 0.1) is 0 Å². The van der Waals surface area contributed by atoms with Gasteiger partial charge in [0.15, 0.2) is 0 Å². The van der Waals surface area contributed by atoms with Gasteiger partial charge in [-0.25, -0.2) is 0 Å². The minimum absolute atomic E-state index is 0.557. The van der Waals surface area contributed by atoms with Crippen LogP contribution in [0.5, 0.6) is 0 Å². The van der Waals surface area contributed by atoms with Gasteiger partial charge in [-0.3, -0.25) is 0 Å². The second-order valence-electron chi connectivity index (χ2n) is 1.06. The van der Waals surface area contributed by atoms with Crippen LogP contribution in [0.2, 0.25) is 0 Å². The minimum atomic E-state index is 0.557. The molecule has 0 unspecified atom stereocenters. The Morgan fingerprint density at radius 3 is 2.71 bits per heavy atom. The van der Waals surface area contributed by atoms with Crippen molar-refractivity contribution in [2.75, 3.05) is 0 Å². The van der Waals surface area contributed by atoms with Crippen LogP contribution in [0.3, 0.4) is 0 Å². The van der Waals surface area contributed by atoms with E-state index in [1.165, 1.54) is 0 Å². The van der Waals surface area contributed by atoms with E-state index in [2.05, 4.69) is 19.1 Å². The summed E-state index contributed by atoms with van der Waals surface area (Å²) in [6, 6.07) is 0. The summed E-state index contributed by atoms with van der Waals surface area (Å²) >= 11 is 5.59. The van der Waals surface area contributed by atoms with Gasteiger partial charge in [0.2, 0.25) is 0 Å². The first-order valence-corrected chi connectivity index (χ1v) is 3.46. The Hall–Kier alpha value is 0.110. The smallest absolute Gasteiger partial charge is 0.122 e. The Bertz CT molecular complexity index is 87.7. The van der Waals surface area contributed by atoms with Crippen LogP contribution in [0.15, 0.2) is 0 Å². The van der Waals surface area contributed by atoms with Crippen molar-refractivity contribution in [2.24, 2.45) is 5.73 Å². The van der Waals surface area contributed by atoms with Crippen molar-refractivity contribution in [1.82, 2.24) is 0 Å². The normalized spacial score (nSPS) is 11.0. The molecule has 42 valence electrons. The lowest BCUT2D eigenvalue weighted by Crippen LogP contribution is -1.98. The highest BCUT2D eigenvalue weighted by atomic mass is 32.2. The molecule has 0 saturated heterocycles. The molecule has 0 amide bonds. The molecule has 0 aliphatic heterocycles. The van der Waals surface area contributed by atoms with Crippen LogP contribution in [0.4, 0.5) is 0 Å². The van der Waals surface area contributed by atoms with E-state index in [-0.39, 0.29) is 0 Å². The summed E-state index contributed by atoms with van der Waals surface area (Å²) < 4.78 is 0.557. The Kier molecular flexibility index (Phi) is 4.34. The van der Waals surface area contributed by atoms with E-state index < -0.39 is 0 Å². The molecule has 0 rings (SSSR count). The van der Waals surface area contributed by atoms with Gasteiger partial charge in [0.1, 0.15) is 4.32 Å². The molecular weight excluding hydrogens is 126 g/mol. The standard InChI is InChI=1S/C4H9NS2/c1-2-3-7-4(5)6/h3,7H,2H2,1H3,(H2,5,6). The van der Waals surface area contributed by atoms with Gasteiger partial charge in [0.25, 0.3) is 0 Å². The van der Waals surface area contributed by atoms with Crippen molar-refractivity contribution in [1.29, 1.82) is 0 Å². The highest BCUT2D eigenvalue weighted by Gasteiger charge is 1.69. The Morgan fingerprint density at radius 1 is 2.00 bits per heavy atom. The summed E-state index contributed by atoms with van der Waals surface area (Å²) in [6.07, 6.45) is 1.04. The molecule has 1 nitrogen and oxygen atoms in total. The summed E-state index contributed by atoms with van der Waals surface area (Å²) in [5.74, 6) is 0. The van der Waals surface area contributed by atoms with Crippen molar-refractivity contribution in [3.8, 4) is 0 Å². The van der Waals surface area contributed by atoms with E-state index in [1.54, 1.807) is 0 Å². The van der Waals surface area contributed by atoms with Crippen molar-refractivity contribution in [3.63, 3.8) is 0 Å². The first-order valence-electron chi connectivity index (χ1n) is 2.09. The Balaban J connectivity index is 3.26. The lowest BCUT2D eigenvalue weighted by atomic mass is 10.6. The van der Waals surface area contributed by atoms with Crippen molar-refractivity contribution >= 4 is 33.3 Å². The van der Waals surface area contributed by atoms with E-state index in [0.717, 1.165) is 17.8 Å².